The van der Waals surface area contributed by atoms with Crippen LogP contribution < -0.4 is 5.32 Å². The predicted molar refractivity (Wildman–Crippen MR) is 211 cm³/mol. The van der Waals surface area contributed by atoms with Gasteiger partial charge in [-0.25, -0.2) is 9.48 Å². The molecule has 5 aromatic carbocycles. The van der Waals surface area contributed by atoms with Crippen molar-refractivity contribution in [3.05, 3.63) is 155 Å². The van der Waals surface area contributed by atoms with Crippen LogP contribution in [-0.4, -0.2) is 45.9 Å². The van der Waals surface area contributed by atoms with Gasteiger partial charge in [0.1, 0.15) is 11.1 Å². The first-order chi connectivity index (χ1) is 26.3. The molecule has 2 amide bonds. The molecule has 0 radical (unpaired) electrons. The van der Waals surface area contributed by atoms with Gasteiger partial charge in [-0.3, -0.25) is 4.79 Å². The van der Waals surface area contributed by atoms with E-state index in [1.54, 1.807) is 36.1 Å². The minimum absolute atomic E-state index is 0.0558. The summed E-state index contributed by atoms with van der Waals surface area (Å²) in [5.74, 6) is 0.245. The summed E-state index contributed by atoms with van der Waals surface area (Å²) in [6.45, 7) is 9.04. The first kappa shape index (κ1) is 38.8. The highest BCUT2D eigenvalue weighted by atomic mass is 19.4. The van der Waals surface area contributed by atoms with Crippen molar-refractivity contribution in [3.63, 3.8) is 0 Å². The number of alkyl halides is 3. The molecule has 0 atom stereocenters. The Kier molecular flexibility index (Phi) is 11.4. The van der Waals surface area contributed by atoms with Crippen LogP contribution in [0.4, 0.5) is 23.8 Å². The number of piperidine rings is 1. The summed E-state index contributed by atoms with van der Waals surface area (Å²) in [5, 5.41) is 8.16. The number of carbonyl (C=O) groups excluding carboxylic acids is 2. The van der Waals surface area contributed by atoms with Gasteiger partial charge in [-0.05, 0) is 93.0 Å². The summed E-state index contributed by atoms with van der Waals surface area (Å²) in [5.41, 5.74) is 2.29. The maximum atomic E-state index is 14.1. The molecule has 6 aromatic rings. The smallest absolute Gasteiger partial charge is 0.417 e. The second kappa shape index (κ2) is 16.2. The monoisotopic (exact) mass is 746 g/mol. The third kappa shape index (κ3) is 8.43. The van der Waals surface area contributed by atoms with Crippen LogP contribution in [0.5, 0.6) is 0 Å². The number of hydrogen-bond donors (Lipinski definition) is 1. The van der Waals surface area contributed by atoms with Crippen LogP contribution in [0.2, 0.25) is 0 Å². The molecule has 1 saturated heterocycles. The van der Waals surface area contributed by atoms with Gasteiger partial charge in [-0.2, -0.15) is 18.3 Å². The molecule has 0 saturated carbocycles. The van der Waals surface area contributed by atoms with Gasteiger partial charge in [-0.1, -0.05) is 115 Å². The van der Waals surface area contributed by atoms with Crippen LogP contribution in [-0.2, 0) is 21.2 Å². The summed E-state index contributed by atoms with van der Waals surface area (Å²) in [7, 11) is 0. The van der Waals surface area contributed by atoms with Gasteiger partial charge in [0.25, 0.3) is 0 Å². The number of aryl methyl sites for hydroxylation is 1. The first-order valence-corrected chi connectivity index (χ1v) is 18.4. The van der Waals surface area contributed by atoms with E-state index in [-0.39, 0.29) is 23.1 Å². The molecule has 7 rings (SSSR count). The van der Waals surface area contributed by atoms with E-state index >= 15 is 0 Å². The van der Waals surface area contributed by atoms with Crippen molar-refractivity contribution in [3.8, 4) is 11.1 Å². The fraction of sp³-hybridized carbons (Fsp3) is 0.267. The van der Waals surface area contributed by atoms with E-state index in [1.807, 2.05) is 116 Å². The second-order valence-electron chi connectivity index (χ2n) is 14.6. The van der Waals surface area contributed by atoms with Gasteiger partial charge in [0, 0.05) is 18.5 Å². The summed E-state index contributed by atoms with van der Waals surface area (Å²) < 4.78 is 49.4. The molecule has 2 heterocycles. The van der Waals surface area contributed by atoms with Crippen LogP contribution in [0.3, 0.4) is 0 Å². The Morgan fingerprint density at radius 1 is 0.745 bits per heavy atom. The zero-order chi connectivity index (χ0) is 39.2. The highest BCUT2D eigenvalue weighted by Crippen LogP contribution is 2.45. The summed E-state index contributed by atoms with van der Waals surface area (Å²) in [4.78, 5) is 25.1. The number of halogens is 3. The number of carbonyl (C=O) groups is 2. The molecular formula is C45H45F3N4O3. The topological polar surface area (TPSA) is 76.5 Å². The van der Waals surface area contributed by atoms with Gasteiger partial charge in [0.2, 0.25) is 6.41 Å². The molecule has 1 aliphatic rings. The van der Waals surface area contributed by atoms with Crippen molar-refractivity contribution in [2.24, 2.45) is 0 Å². The lowest BCUT2D eigenvalue weighted by atomic mass is 9.77. The molecule has 0 aliphatic carbocycles. The number of aromatic nitrogens is 2. The number of rotatable bonds is 7. The van der Waals surface area contributed by atoms with E-state index < -0.39 is 17.3 Å². The minimum Gasteiger partial charge on any atom is -0.444 e. The number of fused-ring (bicyclic) bond motifs is 1. The van der Waals surface area contributed by atoms with Crippen LogP contribution in [0.25, 0.3) is 22.0 Å². The molecule has 55 heavy (non-hydrogen) atoms. The van der Waals surface area contributed by atoms with Crippen LogP contribution in [0.15, 0.2) is 127 Å². The number of amides is 2. The Hall–Kier alpha value is -5.90. The Morgan fingerprint density at radius 2 is 1.29 bits per heavy atom. The van der Waals surface area contributed by atoms with Gasteiger partial charge < -0.3 is 15.0 Å². The average molecular weight is 747 g/mol. The number of benzene rings is 5. The summed E-state index contributed by atoms with van der Waals surface area (Å²) in [6.07, 6.45) is -0.709. The molecular weight excluding hydrogens is 702 g/mol. The van der Waals surface area contributed by atoms with E-state index in [9.17, 15) is 22.8 Å². The number of anilines is 1. The van der Waals surface area contributed by atoms with Gasteiger partial charge in [0.15, 0.2) is 5.82 Å². The van der Waals surface area contributed by atoms with Crippen LogP contribution >= 0.6 is 0 Å². The number of hydrogen-bond acceptors (Lipinski definition) is 4. The fourth-order valence-electron chi connectivity index (χ4n) is 7.16. The van der Waals surface area contributed by atoms with E-state index in [1.165, 1.54) is 12.5 Å². The lowest BCUT2D eigenvalue weighted by molar-refractivity contribution is -0.137. The highest BCUT2D eigenvalue weighted by Gasteiger charge is 2.41. The SMILES string of the molecule is CC(C)(C)OC(=O)N1CCCCC1.Cc1ccc(-c2ccc3c(c2)c(NC=O)nn3C(c2ccccc2)(c2ccccc2)c2ccccc2)c(C(F)(F)F)c1. The third-order valence-corrected chi connectivity index (χ3v) is 9.57. The van der Waals surface area contributed by atoms with Crippen molar-refractivity contribution in [1.29, 1.82) is 0 Å². The predicted octanol–water partition coefficient (Wildman–Crippen LogP) is 10.8. The van der Waals surface area contributed by atoms with E-state index in [0.717, 1.165) is 48.7 Å². The normalized spacial score (nSPS) is 13.5. The summed E-state index contributed by atoms with van der Waals surface area (Å²) >= 11 is 0. The molecule has 0 unspecified atom stereocenters. The Bertz CT molecular complexity index is 2130. The highest BCUT2D eigenvalue weighted by molar-refractivity contribution is 5.97. The number of nitrogens with one attached hydrogen (secondary N) is 1. The molecule has 1 N–H and O–H groups in total. The van der Waals surface area contributed by atoms with Crippen molar-refractivity contribution >= 4 is 29.2 Å². The number of ether oxygens (including phenoxy) is 1. The molecule has 1 fully saturated rings. The van der Waals surface area contributed by atoms with E-state index in [0.29, 0.717) is 28.4 Å². The van der Waals surface area contributed by atoms with Crippen molar-refractivity contribution in [1.82, 2.24) is 14.7 Å². The van der Waals surface area contributed by atoms with Gasteiger partial charge in [-0.15, -0.1) is 0 Å². The maximum Gasteiger partial charge on any atom is 0.417 e. The third-order valence-electron chi connectivity index (χ3n) is 9.57. The lowest BCUT2D eigenvalue weighted by Gasteiger charge is -2.37. The second-order valence-corrected chi connectivity index (χ2v) is 14.6. The molecule has 10 heteroatoms. The largest absolute Gasteiger partial charge is 0.444 e. The summed E-state index contributed by atoms with van der Waals surface area (Å²) in [6, 6.07) is 39.1. The molecule has 0 spiro atoms. The van der Waals surface area contributed by atoms with Gasteiger partial charge >= 0.3 is 12.3 Å². The van der Waals surface area contributed by atoms with Crippen LogP contribution in [0, 0.1) is 6.92 Å². The van der Waals surface area contributed by atoms with Crippen molar-refractivity contribution in [2.45, 2.75) is 64.3 Å². The molecule has 284 valence electrons. The number of nitrogens with zero attached hydrogens (tertiary/aromatic N) is 3. The minimum atomic E-state index is -4.53. The molecule has 1 aliphatic heterocycles. The van der Waals surface area contributed by atoms with Gasteiger partial charge in [0.05, 0.1) is 11.1 Å². The fourth-order valence-corrected chi connectivity index (χ4v) is 7.16. The number of likely N-dealkylation sites (tertiary alicyclic amines) is 1. The zero-order valence-electron chi connectivity index (χ0n) is 31.4. The van der Waals surface area contributed by atoms with Crippen LogP contribution in [0.1, 0.15) is 67.9 Å². The van der Waals surface area contributed by atoms with Crippen molar-refractivity contribution in [2.75, 3.05) is 18.4 Å². The standard InChI is InChI=1S/C35H26F3N3O.C10H19NO2/c1-24-17-19-29(31(21-24)35(36,37)38)25-18-20-32-30(22-25)33(39-23-42)40-41(32)34(26-11-5-2-6-12-26,27-13-7-3-8-14-27)28-15-9-4-10-16-28;1-10(2,3)13-9(12)11-7-5-4-6-8-11/h2-23H,1H3,(H,39,40,42);4-8H2,1-3H3. The Balaban J connectivity index is 0.000000336. The average Bonchev–Trinajstić information content (AvgIpc) is 3.53. The van der Waals surface area contributed by atoms with E-state index in [4.69, 9.17) is 9.84 Å². The Labute approximate surface area is 319 Å². The molecule has 0 bridgehead atoms. The molecule has 7 nitrogen and oxygen atoms in total. The van der Waals surface area contributed by atoms with Crippen molar-refractivity contribution < 1.29 is 27.5 Å². The lowest BCUT2D eigenvalue weighted by Crippen LogP contribution is -2.39. The first-order valence-electron chi connectivity index (χ1n) is 18.4. The van der Waals surface area contributed by atoms with E-state index in [2.05, 4.69) is 5.32 Å². The zero-order valence-corrected chi connectivity index (χ0v) is 31.4. The molecule has 1 aromatic heterocycles. The quantitative estimate of drug-likeness (QED) is 0.130. The Morgan fingerprint density at radius 3 is 1.78 bits per heavy atom. The maximum absolute atomic E-state index is 14.1.